The number of amides is 1. The number of rotatable bonds is 4. The van der Waals surface area contributed by atoms with Crippen LogP contribution < -0.4 is 5.32 Å². The van der Waals surface area contributed by atoms with Gasteiger partial charge in [0.05, 0.1) is 23.2 Å². The van der Waals surface area contributed by atoms with Crippen molar-refractivity contribution in [2.45, 2.75) is 38.4 Å². The first-order valence-corrected chi connectivity index (χ1v) is 9.68. The summed E-state index contributed by atoms with van der Waals surface area (Å²) in [7, 11) is 0. The molecule has 0 saturated carbocycles. The van der Waals surface area contributed by atoms with Crippen LogP contribution in [0.25, 0.3) is 16.5 Å². The molecule has 0 spiro atoms. The molecule has 8 heteroatoms. The molecule has 5 nitrogen and oxygen atoms in total. The molecule has 0 bridgehead atoms. The highest BCUT2D eigenvalue weighted by Crippen LogP contribution is 2.40. The molecule has 2 atom stereocenters. The number of hydrogen-bond donors (Lipinski definition) is 1. The van der Waals surface area contributed by atoms with Gasteiger partial charge in [0.15, 0.2) is 0 Å². The normalized spacial score (nSPS) is 18.1. The lowest BCUT2D eigenvalue weighted by molar-refractivity contribution is -0.175. The molecular weight excluding hydrogens is 395 g/mol. The van der Waals surface area contributed by atoms with Gasteiger partial charge in [0, 0.05) is 17.1 Å². The van der Waals surface area contributed by atoms with Gasteiger partial charge in [-0.25, -0.2) is 4.98 Å². The first-order chi connectivity index (χ1) is 14.3. The number of pyridine rings is 1. The molecule has 0 fully saturated rings. The maximum Gasteiger partial charge on any atom is 0.392 e. The monoisotopic (exact) mass is 415 g/mol. The van der Waals surface area contributed by atoms with Crippen LogP contribution in [-0.4, -0.2) is 22.1 Å². The van der Waals surface area contributed by atoms with Crippen molar-refractivity contribution in [1.82, 2.24) is 15.3 Å². The average Bonchev–Trinajstić information content (AvgIpc) is 3.27. The number of aromatic nitrogens is 2. The van der Waals surface area contributed by atoms with Crippen molar-refractivity contribution >= 4 is 22.4 Å². The Bertz CT molecular complexity index is 1090. The molecule has 0 saturated heterocycles. The van der Waals surface area contributed by atoms with Crippen LogP contribution in [0.2, 0.25) is 0 Å². The van der Waals surface area contributed by atoms with Crippen molar-refractivity contribution in [3.63, 3.8) is 0 Å². The van der Waals surface area contributed by atoms with E-state index in [2.05, 4.69) is 15.3 Å². The molecule has 1 aliphatic rings. The minimum atomic E-state index is -4.16. The summed E-state index contributed by atoms with van der Waals surface area (Å²) in [5, 5.41) is 3.56. The largest absolute Gasteiger partial charge is 0.447 e. The zero-order chi connectivity index (χ0) is 21.3. The highest BCUT2D eigenvalue weighted by molar-refractivity contribution is 5.99. The lowest BCUT2D eigenvalue weighted by Crippen LogP contribution is -2.27. The number of hydrogen-bond acceptors (Lipinski definition) is 4. The molecule has 1 N–H and O–H groups in total. The number of carbonyl (C=O) groups is 1. The molecule has 1 unspecified atom stereocenters. The number of carbonyl (C=O) groups excluding carboxylic acids is 1. The number of nitrogens with zero attached hydrogens (tertiary/aromatic N) is 2. The summed E-state index contributed by atoms with van der Waals surface area (Å²) in [5.74, 6) is -1.20. The van der Waals surface area contributed by atoms with E-state index in [1.165, 1.54) is 18.7 Å². The zero-order valence-corrected chi connectivity index (χ0v) is 16.2. The molecule has 0 aliphatic heterocycles. The molecule has 2 heterocycles. The van der Waals surface area contributed by atoms with Gasteiger partial charge in [-0.15, -0.1) is 0 Å². The summed E-state index contributed by atoms with van der Waals surface area (Å²) < 4.78 is 44.0. The van der Waals surface area contributed by atoms with Crippen LogP contribution in [-0.2, 0) is 0 Å². The minimum Gasteiger partial charge on any atom is -0.447 e. The van der Waals surface area contributed by atoms with E-state index in [1.807, 2.05) is 18.2 Å². The van der Waals surface area contributed by atoms with Gasteiger partial charge in [-0.05, 0) is 37.8 Å². The van der Waals surface area contributed by atoms with E-state index in [0.29, 0.717) is 23.4 Å². The predicted octanol–water partition coefficient (Wildman–Crippen LogP) is 5.46. The molecule has 30 heavy (non-hydrogen) atoms. The second-order valence-corrected chi connectivity index (χ2v) is 7.41. The van der Waals surface area contributed by atoms with E-state index in [-0.39, 0.29) is 18.7 Å². The third kappa shape index (κ3) is 4.08. The number of nitrogens with one attached hydrogen (secondary N) is 1. The fourth-order valence-electron chi connectivity index (χ4n) is 3.71. The van der Waals surface area contributed by atoms with Gasteiger partial charge in [0.2, 0.25) is 5.89 Å². The molecular formula is C22H20F3N3O2. The van der Waals surface area contributed by atoms with Gasteiger partial charge < -0.3 is 9.73 Å². The zero-order valence-electron chi connectivity index (χ0n) is 16.2. The van der Waals surface area contributed by atoms with Crippen molar-refractivity contribution in [3.8, 4) is 0 Å². The summed E-state index contributed by atoms with van der Waals surface area (Å²) in [5.41, 5.74) is 2.73. The van der Waals surface area contributed by atoms with Crippen molar-refractivity contribution in [2.24, 2.45) is 5.92 Å². The quantitative estimate of drug-likeness (QED) is 0.614. The third-order valence-corrected chi connectivity index (χ3v) is 5.36. The molecule has 1 aliphatic carbocycles. The summed E-state index contributed by atoms with van der Waals surface area (Å²) in [6.07, 6.45) is 2.33. The Kier molecular flexibility index (Phi) is 5.32. The van der Waals surface area contributed by atoms with Crippen molar-refractivity contribution in [3.05, 3.63) is 66.0 Å². The Morgan fingerprint density at radius 2 is 2.13 bits per heavy atom. The maximum atomic E-state index is 12.9. The number of halogens is 3. The predicted molar refractivity (Wildman–Crippen MR) is 106 cm³/mol. The van der Waals surface area contributed by atoms with Crippen LogP contribution in [0.5, 0.6) is 0 Å². The summed E-state index contributed by atoms with van der Waals surface area (Å²) in [6.45, 7) is 1.76. The van der Waals surface area contributed by atoms with Gasteiger partial charge in [-0.2, -0.15) is 13.2 Å². The van der Waals surface area contributed by atoms with Crippen LogP contribution >= 0.6 is 0 Å². The Morgan fingerprint density at radius 1 is 1.30 bits per heavy atom. The SMILES string of the molecule is C[C@@H](NC(=O)c1cnc2c(C3=CCC(C(F)(F)F)CC3)cccc2c1)c1ncco1. The molecule has 1 amide bonds. The topological polar surface area (TPSA) is 68.0 Å². The lowest BCUT2D eigenvalue weighted by atomic mass is 9.85. The Labute approximate surface area is 171 Å². The highest BCUT2D eigenvalue weighted by Gasteiger charge is 2.39. The number of allylic oxidation sites excluding steroid dienone is 2. The van der Waals surface area contributed by atoms with Crippen molar-refractivity contribution < 1.29 is 22.4 Å². The van der Waals surface area contributed by atoms with E-state index in [9.17, 15) is 18.0 Å². The van der Waals surface area contributed by atoms with Crippen molar-refractivity contribution in [1.29, 1.82) is 0 Å². The number of fused-ring (bicyclic) bond motifs is 1. The molecule has 4 rings (SSSR count). The van der Waals surface area contributed by atoms with Gasteiger partial charge in [0.1, 0.15) is 12.3 Å². The Balaban J connectivity index is 1.57. The van der Waals surface area contributed by atoms with Crippen LogP contribution in [0.15, 0.2) is 53.4 Å². The maximum absolute atomic E-state index is 12.9. The average molecular weight is 415 g/mol. The number of oxazole rings is 1. The minimum absolute atomic E-state index is 0.0194. The van der Waals surface area contributed by atoms with E-state index < -0.39 is 18.1 Å². The first-order valence-electron chi connectivity index (χ1n) is 9.68. The van der Waals surface area contributed by atoms with Gasteiger partial charge >= 0.3 is 6.18 Å². The van der Waals surface area contributed by atoms with E-state index in [1.54, 1.807) is 19.1 Å². The number of benzene rings is 1. The van der Waals surface area contributed by atoms with Crippen LogP contribution in [0.3, 0.4) is 0 Å². The second kappa shape index (κ2) is 7.93. The molecule has 3 aromatic rings. The van der Waals surface area contributed by atoms with Gasteiger partial charge in [-0.1, -0.05) is 24.3 Å². The van der Waals surface area contributed by atoms with Crippen LogP contribution in [0.1, 0.15) is 54.0 Å². The Morgan fingerprint density at radius 3 is 2.80 bits per heavy atom. The van der Waals surface area contributed by atoms with Crippen LogP contribution in [0, 0.1) is 5.92 Å². The molecule has 2 aromatic heterocycles. The molecule has 1 aromatic carbocycles. The standard InChI is InChI=1S/C22H20F3N3O2/c1-13(21-26-9-10-30-21)28-20(29)16-11-15-3-2-4-18(19(15)27-12-16)14-5-7-17(8-6-14)22(23,24)25/h2-5,9-13,17H,6-8H2,1H3,(H,28,29)/t13-,17?/m1/s1. The van der Waals surface area contributed by atoms with Gasteiger partial charge in [-0.3, -0.25) is 9.78 Å². The highest BCUT2D eigenvalue weighted by atomic mass is 19.4. The van der Waals surface area contributed by atoms with E-state index in [0.717, 1.165) is 16.5 Å². The smallest absolute Gasteiger partial charge is 0.392 e. The number of alkyl halides is 3. The fraction of sp³-hybridized carbons (Fsp3) is 0.318. The van der Waals surface area contributed by atoms with Crippen LogP contribution in [0.4, 0.5) is 13.2 Å². The van der Waals surface area contributed by atoms with E-state index in [4.69, 9.17) is 4.42 Å². The van der Waals surface area contributed by atoms with Gasteiger partial charge in [0.25, 0.3) is 5.91 Å². The Hall–Kier alpha value is -3.16. The summed E-state index contributed by atoms with van der Waals surface area (Å²) >= 11 is 0. The van der Waals surface area contributed by atoms with Crippen molar-refractivity contribution in [2.75, 3.05) is 0 Å². The molecule has 0 radical (unpaired) electrons. The fourth-order valence-corrected chi connectivity index (χ4v) is 3.71. The first kappa shape index (κ1) is 20.1. The molecule has 156 valence electrons. The lowest BCUT2D eigenvalue weighted by Gasteiger charge is -2.24. The third-order valence-electron chi connectivity index (χ3n) is 5.36. The summed E-state index contributed by atoms with van der Waals surface area (Å²) in [6, 6.07) is 6.85. The summed E-state index contributed by atoms with van der Waals surface area (Å²) in [4.78, 5) is 21.0. The second-order valence-electron chi connectivity index (χ2n) is 7.41. The van der Waals surface area contributed by atoms with E-state index >= 15 is 0 Å². The number of para-hydroxylation sites is 1.